The lowest BCUT2D eigenvalue weighted by atomic mass is 10.2. The van der Waals surface area contributed by atoms with E-state index in [1.54, 1.807) is 25.1 Å². The van der Waals surface area contributed by atoms with Crippen molar-refractivity contribution in [2.24, 2.45) is 0 Å². The van der Waals surface area contributed by atoms with Gasteiger partial charge in [0.25, 0.3) is 5.91 Å². The number of para-hydroxylation sites is 1. The Labute approximate surface area is 118 Å². The van der Waals surface area contributed by atoms with Gasteiger partial charge in [-0.2, -0.15) is 5.06 Å². The van der Waals surface area contributed by atoms with Gasteiger partial charge in [0.15, 0.2) is 0 Å². The number of rotatable bonds is 6. The maximum Gasteiger partial charge on any atom is 0.264 e. The minimum Gasteiger partial charge on any atom is -0.384 e. The molecule has 1 amide bonds. The highest BCUT2D eigenvalue weighted by molar-refractivity contribution is 7.62. The fraction of sp³-hybridized carbons (Fsp3) is 0.462. The Kier molecular flexibility index (Phi) is 5.89. The summed E-state index contributed by atoms with van der Waals surface area (Å²) in [4.78, 5) is 11.8. The van der Waals surface area contributed by atoms with E-state index in [2.05, 4.69) is 5.32 Å². The van der Waals surface area contributed by atoms with E-state index in [1.807, 2.05) is 6.07 Å². The van der Waals surface area contributed by atoms with Crippen LogP contribution in [0.2, 0.25) is 0 Å². The van der Waals surface area contributed by atoms with Gasteiger partial charge in [0, 0.05) is 6.54 Å². The molecule has 0 saturated carbocycles. The number of hydroxylamine groups is 1. The number of hydrogen-bond acceptors (Lipinski definition) is 5. The maximum absolute atomic E-state index is 11.8. The largest absolute Gasteiger partial charge is 0.384 e. The van der Waals surface area contributed by atoms with Crippen molar-refractivity contribution < 1.29 is 19.7 Å². The summed E-state index contributed by atoms with van der Waals surface area (Å²) < 4.78 is 11.6. The lowest BCUT2D eigenvalue weighted by Crippen LogP contribution is -2.39. The van der Waals surface area contributed by atoms with Crippen LogP contribution in [0.4, 0.5) is 5.69 Å². The number of aliphatic hydroxyl groups is 1. The lowest BCUT2D eigenvalue weighted by molar-refractivity contribution is -0.122. The Balaban J connectivity index is 2.52. The molecule has 0 bridgehead atoms. The Bertz CT molecular complexity index is 515. The third-order valence-electron chi connectivity index (χ3n) is 2.90. The number of aryl methyl sites for hydroxylation is 1. The van der Waals surface area contributed by atoms with Crippen LogP contribution in [-0.4, -0.2) is 48.5 Å². The van der Waals surface area contributed by atoms with Crippen molar-refractivity contribution in [3.63, 3.8) is 0 Å². The Morgan fingerprint density at radius 3 is 2.55 bits per heavy atom. The van der Waals surface area contributed by atoms with Crippen LogP contribution in [-0.2, 0) is 9.36 Å². The first-order valence-electron chi connectivity index (χ1n) is 6.24. The quantitative estimate of drug-likeness (QED) is 0.418. The van der Waals surface area contributed by atoms with E-state index in [0.29, 0.717) is 10.8 Å². The van der Waals surface area contributed by atoms with E-state index in [0.717, 1.165) is 5.56 Å². The van der Waals surface area contributed by atoms with Gasteiger partial charge in [0.05, 0.1) is 12.2 Å². The maximum atomic E-state index is 11.8. The predicted molar refractivity (Wildman–Crippen MR) is 78.8 cm³/mol. The molecule has 3 N–H and O–H groups in total. The smallest absolute Gasteiger partial charge is 0.264 e. The summed E-state index contributed by atoms with van der Waals surface area (Å²) in [6.45, 7) is 4.63. The highest BCUT2D eigenvalue weighted by atomic mass is 31.2. The number of amides is 1. The lowest BCUT2D eigenvalue weighted by Gasteiger charge is -2.19. The minimum atomic E-state index is -2.60. The van der Waals surface area contributed by atoms with Crippen molar-refractivity contribution in [3.8, 4) is 0 Å². The van der Waals surface area contributed by atoms with E-state index >= 15 is 0 Å². The van der Waals surface area contributed by atoms with Crippen molar-refractivity contribution in [1.29, 1.82) is 0 Å². The molecule has 6 nitrogen and oxygen atoms in total. The highest BCUT2D eigenvalue weighted by Gasteiger charge is 2.21. The number of aliphatic hydroxyl groups excluding tert-OH is 1. The van der Waals surface area contributed by atoms with Crippen LogP contribution in [0.5, 0.6) is 0 Å². The van der Waals surface area contributed by atoms with Crippen LogP contribution in [0.15, 0.2) is 24.3 Å². The second-order valence-corrected chi connectivity index (χ2v) is 8.50. The van der Waals surface area contributed by atoms with Gasteiger partial charge in [-0.25, -0.2) is 0 Å². The number of hydrogen-bond donors (Lipinski definition) is 3. The molecule has 20 heavy (non-hydrogen) atoms. The number of nitrogens with one attached hydrogen (secondary N) is 1. The fourth-order valence-corrected chi connectivity index (χ4v) is 2.11. The van der Waals surface area contributed by atoms with Crippen molar-refractivity contribution in [2.45, 2.75) is 12.8 Å². The third-order valence-corrected chi connectivity index (χ3v) is 4.52. The van der Waals surface area contributed by atoms with Gasteiger partial charge in [0.1, 0.15) is 13.0 Å². The van der Waals surface area contributed by atoms with E-state index in [4.69, 9.17) is 0 Å². The molecule has 0 radical (unpaired) electrons. The standard InChI is InChI=1S/C13H21N2O4P/c1-10-6-4-5-7-11(10)15(18)12(16)8-14-9-13(17)20(2,3)19/h4-7,13-14,17-18H,8-9H2,1-3H3. The van der Waals surface area contributed by atoms with Crippen molar-refractivity contribution in [3.05, 3.63) is 29.8 Å². The van der Waals surface area contributed by atoms with E-state index in [-0.39, 0.29) is 13.1 Å². The second kappa shape index (κ2) is 6.99. The summed E-state index contributed by atoms with van der Waals surface area (Å²) >= 11 is 0. The van der Waals surface area contributed by atoms with Crippen LogP contribution >= 0.6 is 7.14 Å². The Hall–Kier alpha value is -1.20. The number of carbonyl (C=O) groups excluding carboxylic acids is 1. The van der Waals surface area contributed by atoms with Gasteiger partial charge in [-0.05, 0) is 31.9 Å². The Morgan fingerprint density at radius 1 is 1.40 bits per heavy atom. The van der Waals surface area contributed by atoms with Crippen molar-refractivity contribution in [2.75, 3.05) is 31.5 Å². The molecule has 0 saturated heterocycles. The van der Waals surface area contributed by atoms with Gasteiger partial charge in [-0.1, -0.05) is 18.2 Å². The van der Waals surface area contributed by atoms with Crippen LogP contribution in [0.3, 0.4) is 0 Å². The van der Waals surface area contributed by atoms with E-state index in [9.17, 15) is 19.7 Å². The molecular weight excluding hydrogens is 279 g/mol. The molecule has 1 rings (SSSR count). The molecular formula is C13H21N2O4P. The summed E-state index contributed by atoms with van der Waals surface area (Å²) in [6.07, 6.45) is 0. The summed E-state index contributed by atoms with van der Waals surface area (Å²) in [5.41, 5.74) is 1.19. The molecule has 0 fully saturated rings. The van der Waals surface area contributed by atoms with Gasteiger partial charge in [0.2, 0.25) is 0 Å². The zero-order valence-electron chi connectivity index (χ0n) is 11.9. The predicted octanol–water partition coefficient (Wildman–Crippen LogP) is 1.25. The molecule has 0 aromatic heterocycles. The first kappa shape index (κ1) is 16.9. The minimum absolute atomic E-state index is 0.0393. The Morgan fingerprint density at radius 2 is 2.00 bits per heavy atom. The van der Waals surface area contributed by atoms with E-state index in [1.165, 1.54) is 13.3 Å². The highest BCUT2D eigenvalue weighted by Crippen LogP contribution is 2.40. The summed E-state index contributed by atoms with van der Waals surface area (Å²) in [5, 5.41) is 22.7. The van der Waals surface area contributed by atoms with Gasteiger partial charge in [-0.3, -0.25) is 10.0 Å². The number of benzene rings is 1. The van der Waals surface area contributed by atoms with Crippen LogP contribution in [0.25, 0.3) is 0 Å². The normalized spacial score (nSPS) is 13.1. The molecule has 0 aliphatic carbocycles. The summed E-state index contributed by atoms with van der Waals surface area (Å²) in [6, 6.07) is 6.95. The molecule has 1 atom stereocenters. The molecule has 7 heteroatoms. The monoisotopic (exact) mass is 300 g/mol. The molecule has 1 aromatic carbocycles. The second-order valence-electron chi connectivity index (χ2n) is 5.04. The zero-order chi connectivity index (χ0) is 15.3. The topological polar surface area (TPSA) is 89.9 Å². The fourth-order valence-electron chi connectivity index (χ4n) is 1.54. The van der Waals surface area contributed by atoms with Gasteiger partial charge in [-0.15, -0.1) is 0 Å². The molecule has 0 aliphatic heterocycles. The molecule has 1 unspecified atom stereocenters. The molecule has 112 valence electrons. The number of carbonyl (C=O) groups is 1. The number of anilines is 1. The van der Waals surface area contributed by atoms with Crippen molar-refractivity contribution in [1.82, 2.24) is 5.32 Å². The van der Waals surface area contributed by atoms with E-state index < -0.39 is 18.9 Å². The van der Waals surface area contributed by atoms with Crippen molar-refractivity contribution >= 4 is 18.7 Å². The molecule has 0 spiro atoms. The SMILES string of the molecule is Cc1ccccc1N(O)C(=O)CNCC(O)P(C)(C)=O. The molecule has 1 aromatic rings. The molecule has 0 aliphatic rings. The average Bonchev–Trinajstić information content (AvgIpc) is 2.37. The first-order chi connectivity index (χ1) is 9.23. The molecule has 0 heterocycles. The van der Waals surface area contributed by atoms with Crippen LogP contribution in [0.1, 0.15) is 5.56 Å². The summed E-state index contributed by atoms with van der Waals surface area (Å²) in [7, 11) is -2.60. The van der Waals surface area contributed by atoms with Crippen LogP contribution in [0, 0.1) is 6.92 Å². The third kappa shape index (κ3) is 4.72. The van der Waals surface area contributed by atoms with Gasteiger partial charge >= 0.3 is 0 Å². The zero-order valence-corrected chi connectivity index (χ0v) is 12.8. The number of nitrogens with zero attached hydrogens (tertiary/aromatic N) is 1. The van der Waals surface area contributed by atoms with Gasteiger partial charge < -0.3 is 15.0 Å². The average molecular weight is 300 g/mol. The first-order valence-corrected chi connectivity index (χ1v) is 8.91. The van der Waals surface area contributed by atoms with Crippen LogP contribution < -0.4 is 10.4 Å². The summed E-state index contributed by atoms with van der Waals surface area (Å²) in [5.74, 6) is -1.55.